The Morgan fingerprint density at radius 3 is 2.73 bits per heavy atom. The van der Waals surface area contributed by atoms with E-state index in [4.69, 9.17) is 28.5 Å². The Hall–Kier alpha value is -0.710. The first-order valence-electron chi connectivity index (χ1n) is 3.05. The number of hydrogen-bond donors (Lipinski definition) is 0. The number of hydrogen-bond acceptors (Lipinski definition) is 1. The number of nitrogens with zero attached hydrogens (tertiary/aromatic N) is 1. The van der Waals surface area contributed by atoms with Crippen molar-refractivity contribution in [2.45, 2.75) is 6.42 Å². The number of rotatable bonds is 1. The lowest BCUT2D eigenvalue weighted by molar-refractivity contribution is 1.26. The highest BCUT2D eigenvalue weighted by atomic mass is 35.5. The van der Waals surface area contributed by atoms with Crippen LogP contribution in [-0.4, -0.2) is 0 Å². The van der Waals surface area contributed by atoms with Crippen molar-refractivity contribution in [1.29, 1.82) is 5.26 Å². The van der Waals surface area contributed by atoms with E-state index in [-0.39, 0.29) is 0 Å². The van der Waals surface area contributed by atoms with Gasteiger partial charge in [-0.2, -0.15) is 5.26 Å². The second kappa shape index (κ2) is 3.61. The van der Waals surface area contributed by atoms with Crippen molar-refractivity contribution in [2.24, 2.45) is 0 Å². The van der Waals surface area contributed by atoms with Crippen LogP contribution in [0.5, 0.6) is 0 Å². The van der Waals surface area contributed by atoms with E-state index in [1.165, 1.54) is 0 Å². The van der Waals surface area contributed by atoms with E-state index < -0.39 is 0 Å². The number of halogens is 2. The van der Waals surface area contributed by atoms with E-state index in [1.54, 1.807) is 18.2 Å². The maximum atomic E-state index is 8.38. The largest absolute Gasteiger partial charge is 0.198 e. The van der Waals surface area contributed by atoms with Crippen molar-refractivity contribution < 1.29 is 0 Å². The lowest BCUT2D eigenvalue weighted by Crippen LogP contribution is -1.82. The monoisotopic (exact) mass is 185 g/mol. The Balaban J connectivity index is 3.08. The van der Waals surface area contributed by atoms with Crippen LogP contribution < -0.4 is 0 Å². The standard InChI is InChI=1S/C8H5Cl2N/c9-7-3-1-2-6(4-5-11)8(7)10/h1-3H,4H2. The Kier molecular flexibility index (Phi) is 2.76. The predicted octanol–water partition coefficient (Wildman–Crippen LogP) is 3.06. The highest BCUT2D eigenvalue weighted by Crippen LogP contribution is 2.25. The summed E-state index contributed by atoms with van der Waals surface area (Å²) in [6, 6.07) is 7.28. The SMILES string of the molecule is N#CCc1cccc(Cl)c1Cl. The molecule has 1 aromatic rings. The molecule has 0 spiro atoms. The third-order valence-electron chi connectivity index (χ3n) is 1.30. The minimum absolute atomic E-state index is 0.305. The van der Waals surface area contributed by atoms with Crippen LogP contribution in [0.2, 0.25) is 10.0 Å². The van der Waals surface area contributed by atoms with Gasteiger partial charge in [-0.05, 0) is 11.6 Å². The molecule has 0 aromatic heterocycles. The molecule has 0 aliphatic carbocycles. The Labute approximate surface area is 75.2 Å². The van der Waals surface area contributed by atoms with Crippen molar-refractivity contribution in [3.05, 3.63) is 33.8 Å². The zero-order valence-electron chi connectivity index (χ0n) is 5.64. The van der Waals surface area contributed by atoms with Gasteiger partial charge in [0.2, 0.25) is 0 Å². The van der Waals surface area contributed by atoms with Crippen LogP contribution in [0, 0.1) is 11.3 Å². The van der Waals surface area contributed by atoms with Gasteiger partial charge >= 0.3 is 0 Å². The second-order valence-corrected chi connectivity index (χ2v) is 2.83. The molecule has 0 atom stereocenters. The second-order valence-electron chi connectivity index (χ2n) is 2.05. The summed E-state index contributed by atoms with van der Waals surface area (Å²) in [6.45, 7) is 0. The molecule has 0 fully saturated rings. The van der Waals surface area contributed by atoms with E-state index in [0.717, 1.165) is 5.56 Å². The first kappa shape index (κ1) is 8.39. The summed E-state index contributed by atoms with van der Waals surface area (Å²) >= 11 is 11.5. The first-order valence-corrected chi connectivity index (χ1v) is 3.81. The summed E-state index contributed by atoms with van der Waals surface area (Å²) in [5, 5.41) is 9.36. The molecule has 0 aliphatic heterocycles. The summed E-state index contributed by atoms with van der Waals surface area (Å²) < 4.78 is 0. The summed E-state index contributed by atoms with van der Waals surface area (Å²) in [6.07, 6.45) is 0.305. The van der Waals surface area contributed by atoms with Gasteiger partial charge < -0.3 is 0 Å². The molecule has 0 radical (unpaired) electrons. The fourth-order valence-corrected chi connectivity index (χ4v) is 1.16. The van der Waals surface area contributed by atoms with Gasteiger partial charge in [-0.25, -0.2) is 0 Å². The number of benzene rings is 1. The summed E-state index contributed by atoms with van der Waals surface area (Å²) in [7, 11) is 0. The molecule has 56 valence electrons. The van der Waals surface area contributed by atoms with E-state index in [1.807, 2.05) is 6.07 Å². The normalized spacial score (nSPS) is 9.18. The van der Waals surface area contributed by atoms with E-state index >= 15 is 0 Å². The molecule has 3 heteroatoms. The molecule has 0 saturated heterocycles. The topological polar surface area (TPSA) is 23.8 Å². The molecule has 0 unspecified atom stereocenters. The maximum Gasteiger partial charge on any atom is 0.0670 e. The van der Waals surface area contributed by atoms with E-state index in [2.05, 4.69) is 0 Å². The van der Waals surface area contributed by atoms with E-state index in [9.17, 15) is 0 Å². The summed E-state index contributed by atoms with van der Waals surface area (Å²) in [5.74, 6) is 0. The Morgan fingerprint density at radius 2 is 2.09 bits per heavy atom. The number of nitriles is 1. The Morgan fingerprint density at radius 1 is 1.36 bits per heavy atom. The van der Waals surface area contributed by atoms with Crippen molar-refractivity contribution in [2.75, 3.05) is 0 Å². The van der Waals surface area contributed by atoms with Gasteiger partial charge in [0.25, 0.3) is 0 Å². The van der Waals surface area contributed by atoms with Gasteiger partial charge in [0, 0.05) is 0 Å². The Bertz CT molecular complexity index is 301. The van der Waals surface area contributed by atoms with Crippen LogP contribution in [0.15, 0.2) is 18.2 Å². The van der Waals surface area contributed by atoms with Crippen molar-refractivity contribution in [3.63, 3.8) is 0 Å². The van der Waals surface area contributed by atoms with Gasteiger partial charge in [0.05, 0.1) is 22.5 Å². The molecule has 0 N–H and O–H groups in total. The van der Waals surface area contributed by atoms with Crippen molar-refractivity contribution in [3.8, 4) is 6.07 Å². The predicted molar refractivity (Wildman–Crippen MR) is 45.8 cm³/mol. The lowest BCUT2D eigenvalue weighted by Gasteiger charge is -1.99. The van der Waals surface area contributed by atoms with Gasteiger partial charge in [0.1, 0.15) is 0 Å². The molecule has 0 heterocycles. The fourth-order valence-electron chi connectivity index (χ4n) is 0.770. The van der Waals surface area contributed by atoms with Crippen molar-refractivity contribution in [1.82, 2.24) is 0 Å². The van der Waals surface area contributed by atoms with Crippen LogP contribution in [-0.2, 0) is 6.42 Å². The molecular weight excluding hydrogens is 181 g/mol. The zero-order chi connectivity index (χ0) is 8.27. The average molecular weight is 186 g/mol. The molecule has 0 amide bonds. The van der Waals surface area contributed by atoms with Gasteiger partial charge in [0.15, 0.2) is 0 Å². The molecule has 0 saturated carbocycles. The van der Waals surface area contributed by atoms with Crippen LogP contribution in [0.3, 0.4) is 0 Å². The highest BCUT2D eigenvalue weighted by Gasteiger charge is 2.01. The van der Waals surface area contributed by atoms with Gasteiger partial charge in [-0.15, -0.1) is 0 Å². The smallest absolute Gasteiger partial charge is 0.0670 e. The van der Waals surface area contributed by atoms with Gasteiger partial charge in [-0.1, -0.05) is 35.3 Å². The van der Waals surface area contributed by atoms with Crippen LogP contribution in [0.25, 0.3) is 0 Å². The third-order valence-corrected chi connectivity index (χ3v) is 2.16. The average Bonchev–Trinajstić information content (AvgIpc) is 1.99. The lowest BCUT2D eigenvalue weighted by atomic mass is 10.2. The van der Waals surface area contributed by atoms with Crippen LogP contribution in [0.1, 0.15) is 5.56 Å². The van der Waals surface area contributed by atoms with Crippen molar-refractivity contribution >= 4 is 23.2 Å². The van der Waals surface area contributed by atoms with Crippen LogP contribution in [0.4, 0.5) is 0 Å². The molecule has 1 nitrogen and oxygen atoms in total. The minimum Gasteiger partial charge on any atom is -0.198 e. The van der Waals surface area contributed by atoms with Crippen LogP contribution >= 0.6 is 23.2 Å². The minimum atomic E-state index is 0.305. The highest BCUT2D eigenvalue weighted by molar-refractivity contribution is 6.42. The fraction of sp³-hybridized carbons (Fsp3) is 0.125. The summed E-state index contributed by atoms with van der Waals surface area (Å²) in [5.41, 5.74) is 0.779. The maximum absolute atomic E-state index is 8.38. The third kappa shape index (κ3) is 1.86. The molecule has 11 heavy (non-hydrogen) atoms. The summed E-state index contributed by atoms with van der Waals surface area (Å²) in [4.78, 5) is 0. The quantitative estimate of drug-likeness (QED) is 0.661. The molecule has 0 bridgehead atoms. The molecular formula is C8H5Cl2N. The first-order chi connectivity index (χ1) is 5.25. The molecule has 0 aliphatic rings. The van der Waals surface area contributed by atoms with Gasteiger partial charge in [-0.3, -0.25) is 0 Å². The molecule has 1 rings (SSSR count). The molecule has 1 aromatic carbocycles. The van der Waals surface area contributed by atoms with E-state index in [0.29, 0.717) is 16.5 Å². The zero-order valence-corrected chi connectivity index (χ0v) is 7.15.